The molecule has 0 bridgehead atoms. The zero-order chi connectivity index (χ0) is 55.0. The maximum absolute atomic E-state index is 8.82. The Balaban J connectivity index is 4.80. The fourth-order valence-corrected chi connectivity index (χ4v) is 8.99. The molecule has 13 nitrogen and oxygen atoms in total. The van der Waals surface area contributed by atoms with E-state index in [1.54, 1.807) is 0 Å². The molecule has 454 valence electrons. The molecule has 2 N–H and O–H groups in total. The van der Waals surface area contributed by atoms with E-state index >= 15 is 0 Å². The Morgan fingerprint density at radius 3 is 1.08 bits per heavy atom. The Morgan fingerprint density at radius 2 is 0.671 bits per heavy atom. The minimum atomic E-state index is -0.335. The number of aliphatic hydroxyl groups is 2. The molecule has 13 heteroatoms. The zero-order valence-electron chi connectivity index (χ0n) is 50.4. The second-order valence-electron chi connectivity index (χ2n) is 21.4. The molecule has 0 saturated carbocycles. The number of unbranched alkanes of at least 4 members (excludes halogenated alkanes) is 26. The highest BCUT2D eigenvalue weighted by Crippen LogP contribution is 2.16. The lowest BCUT2D eigenvalue weighted by Gasteiger charge is -2.33. The fraction of sp³-hybridized carbons (Fsp3) is 0.937. The fourth-order valence-electron chi connectivity index (χ4n) is 8.99. The van der Waals surface area contributed by atoms with Gasteiger partial charge in [-0.05, 0) is 89.9 Å². The topological polar surface area (TPSA) is 133 Å². The molecule has 0 saturated heterocycles. The van der Waals surface area contributed by atoms with Gasteiger partial charge in [0, 0.05) is 13.2 Å². The van der Waals surface area contributed by atoms with Gasteiger partial charge in [0.15, 0.2) is 6.29 Å². The second-order valence-corrected chi connectivity index (χ2v) is 21.4. The molecular formula is C63H126NO12+. The van der Waals surface area contributed by atoms with Crippen molar-refractivity contribution in [2.45, 2.75) is 232 Å². The molecule has 76 heavy (non-hydrogen) atoms. The summed E-state index contributed by atoms with van der Waals surface area (Å²) in [7, 11) is 4.68. The quantitative estimate of drug-likeness (QED) is 0.0260. The smallest absolute Gasteiger partial charge is 0.157 e. The number of hydrogen-bond donors (Lipinski definition) is 2. The number of likely N-dealkylation sites (N-methyl/N-ethyl adjacent to an activating group) is 1. The number of aliphatic hydroxyl groups excluding tert-OH is 2. The predicted molar refractivity (Wildman–Crippen MR) is 315 cm³/mol. The van der Waals surface area contributed by atoms with Crippen LogP contribution in [0.4, 0.5) is 0 Å². The first-order chi connectivity index (χ1) is 37.5. The molecular weight excluding hydrogens is 963 g/mol. The van der Waals surface area contributed by atoms with Gasteiger partial charge in [-0.1, -0.05) is 154 Å². The van der Waals surface area contributed by atoms with Gasteiger partial charge in [-0.2, -0.15) is 0 Å². The summed E-state index contributed by atoms with van der Waals surface area (Å²) in [6.07, 6.45) is 50.2. The van der Waals surface area contributed by atoms with Crippen LogP contribution in [-0.4, -0.2) is 180 Å². The lowest BCUT2D eigenvalue weighted by Crippen LogP contribution is -2.48. The van der Waals surface area contributed by atoms with E-state index in [1.165, 1.54) is 167 Å². The Labute approximate surface area is 469 Å². The highest BCUT2D eigenvalue weighted by Gasteiger charge is 2.23. The third-order valence-corrected chi connectivity index (χ3v) is 13.5. The third kappa shape index (κ3) is 62.2. The summed E-state index contributed by atoms with van der Waals surface area (Å²) in [5, 5.41) is 17.6. The molecule has 0 fully saturated rings. The molecule has 0 amide bonds. The molecule has 0 rings (SSSR count). The van der Waals surface area contributed by atoms with Crippen LogP contribution in [0.3, 0.4) is 0 Å². The first-order valence-corrected chi connectivity index (χ1v) is 31.7. The largest absolute Gasteiger partial charge is 0.394 e. The van der Waals surface area contributed by atoms with Crippen molar-refractivity contribution < 1.29 is 62.1 Å². The maximum Gasteiger partial charge on any atom is 0.157 e. The van der Waals surface area contributed by atoms with E-state index in [9.17, 15) is 0 Å². The third-order valence-electron chi connectivity index (χ3n) is 13.5. The van der Waals surface area contributed by atoms with Gasteiger partial charge in [0.1, 0.15) is 12.6 Å². The average molecular weight is 1090 g/mol. The normalized spacial score (nSPS) is 12.7. The van der Waals surface area contributed by atoms with Gasteiger partial charge in [-0.15, -0.1) is 0 Å². The number of nitrogens with zero attached hydrogens (tertiary/aromatic N) is 1. The summed E-state index contributed by atoms with van der Waals surface area (Å²) < 4.78 is 59.1. The van der Waals surface area contributed by atoms with Gasteiger partial charge in [0.25, 0.3) is 0 Å². The molecule has 0 spiro atoms. The van der Waals surface area contributed by atoms with Crippen LogP contribution in [0, 0.1) is 0 Å². The van der Waals surface area contributed by atoms with Gasteiger partial charge in [0.05, 0.1) is 133 Å². The monoisotopic (exact) mass is 1090 g/mol. The van der Waals surface area contributed by atoms with Crippen LogP contribution >= 0.6 is 0 Å². The van der Waals surface area contributed by atoms with Crippen molar-refractivity contribution in [2.24, 2.45) is 0 Å². The number of hydrogen-bond acceptors (Lipinski definition) is 12. The summed E-state index contributed by atoms with van der Waals surface area (Å²) in [5.74, 6) is 0. The highest BCUT2D eigenvalue weighted by molar-refractivity contribution is 4.82. The molecule has 0 aromatic carbocycles. The van der Waals surface area contributed by atoms with Gasteiger partial charge >= 0.3 is 0 Å². The van der Waals surface area contributed by atoms with Crippen molar-refractivity contribution in [3.05, 3.63) is 24.3 Å². The number of allylic oxidation sites excluding steroid dienone is 4. The molecule has 0 aromatic heterocycles. The molecule has 0 radical (unpaired) electrons. The van der Waals surface area contributed by atoms with E-state index in [0.717, 1.165) is 69.3 Å². The molecule has 1 atom stereocenters. The molecule has 1 unspecified atom stereocenters. The van der Waals surface area contributed by atoms with Crippen LogP contribution in [0.15, 0.2) is 24.3 Å². The van der Waals surface area contributed by atoms with Gasteiger partial charge < -0.3 is 62.1 Å². The van der Waals surface area contributed by atoms with Crippen LogP contribution < -0.4 is 0 Å². The van der Waals surface area contributed by atoms with Crippen molar-refractivity contribution in [3.8, 4) is 0 Å². The van der Waals surface area contributed by atoms with E-state index in [1.807, 2.05) is 0 Å². The Bertz CT molecular complexity index is 1110. The first kappa shape index (κ1) is 75.0. The maximum atomic E-state index is 8.82. The van der Waals surface area contributed by atoms with Gasteiger partial charge in [0.2, 0.25) is 0 Å². The van der Waals surface area contributed by atoms with Crippen LogP contribution in [0.2, 0.25) is 0 Å². The first-order valence-electron chi connectivity index (χ1n) is 31.7. The van der Waals surface area contributed by atoms with Crippen molar-refractivity contribution in [1.29, 1.82) is 0 Å². The van der Waals surface area contributed by atoms with E-state index in [-0.39, 0.29) is 25.6 Å². The second kappa shape index (κ2) is 64.8. The summed E-state index contributed by atoms with van der Waals surface area (Å²) in [6, 6.07) is 0. The summed E-state index contributed by atoms with van der Waals surface area (Å²) >= 11 is 0. The molecule has 0 aromatic rings. The minimum Gasteiger partial charge on any atom is -0.394 e. The van der Waals surface area contributed by atoms with Crippen molar-refractivity contribution in [2.75, 3.05) is 153 Å². The standard InChI is InChI=1S/C63H126NO12/c1-5-7-9-11-13-15-17-19-21-23-25-27-29-31-33-38-44-73-61-62(74-45-39-34-32-30-28-26-24-22-20-18-16-14-12-10-8-6-2)60-64(3,4)41-37-35-36-40-63(75-58-56-71-54-52-69-50-48-67-46-42-65)76-59-57-72-55-53-70-51-49-68-47-43-66/h19-22,62-63,65-66H,5-18,23-61H2,1-4H3/q+1/b21-19-,22-20-. The summed E-state index contributed by atoms with van der Waals surface area (Å²) in [4.78, 5) is 0. The van der Waals surface area contributed by atoms with E-state index in [0.29, 0.717) is 99.1 Å². The molecule has 0 heterocycles. The minimum absolute atomic E-state index is 0.0145. The Morgan fingerprint density at radius 1 is 0.329 bits per heavy atom. The van der Waals surface area contributed by atoms with Crippen molar-refractivity contribution in [1.82, 2.24) is 0 Å². The van der Waals surface area contributed by atoms with Gasteiger partial charge in [-0.3, -0.25) is 0 Å². The Hall–Kier alpha value is -1.04. The molecule has 0 aliphatic carbocycles. The van der Waals surface area contributed by atoms with E-state index < -0.39 is 0 Å². The Kier molecular flexibility index (Phi) is 63.9. The number of quaternary nitrogens is 1. The average Bonchev–Trinajstić information content (AvgIpc) is 3.41. The van der Waals surface area contributed by atoms with Crippen molar-refractivity contribution in [3.63, 3.8) is 0 Å². The molecule has 0 aliphatic rings. The van der Waals surface area contributed by atoms with Gasteiger partial charge in [-0.25, -0.2) is 0 Å². The lowest BCUT2D eigenvalue weighted by molar-refractivity contribution is -0.893. The molecule has 0 aliphatic heterocycles. The van der Waals surface area contributed by atoms with Crippen LogP contribution in [0.1, 0.15) is 219 Å². The van der Waals surface area contributed by atoms with Crippen LogP contribution in [0.25, 0.3) is 0 Å². The van der Waals surface area contributed by atoms with E-state index in [2.05, 4.69) is 52.2 Å². The van der Waals surface area contributed by atoms with Crippen LogP contribution in [-0.2, 0) is 47.4 Å². The summed E-state index contributed by atoms with van der Waals surface area (Å²) in [5.41, 5.74) is 0. The highest BCUT2D eigenvalue weighted by atomic mass is 16.7. The lowest BCUT2D eigenvalue weighted by atomic mass is 10.1. The number of rotatable bonds is 67. The summed E-state index contributed by atoms with van der Waals surface area (Å²) in [6.45, 7) is 15.1. The van der Waals surface area contributed by atoms with Crippen LogP contribution in [0.5, 0.6) is 0 Å². The predicted octanol–water partition coefficient (Wildman–Crippen LogP) is 13.5. The van der Waals surface area contributed by atoms with Crippen molar-refractivity contribution >= 4 is 0 Å². The number of ether oxygens (including phenoxy) is 10. The zero-order valence-corrected chi connectivity index (χ0v) is 50.4. The SMILES string of the molecule is CCCCCCCC/C=C\CCCCCCCCOCC(C[N+](C)(C)CCCCCC(OCCOCCOCCOCCO)OCCOCCOCCOCCO)OCCCCCCCC/C=C\CCCCCCCC. The van der Waals surface area contributed by atoms with E-state index in [4.69, 9.17) is 57.6 Å².